The van der Waals surface area contributed by atoms with Crippen molar-refractivity contribution in [2.75, 3.05) is 33.2 Å². The van der Waals surface area contributed by atoms with E-state index in [4.69, 9.17) is 0 Å². The molecule has 1 N–H and O–H groups in total. The summed E-state index contributed by atoms with van der Waals surface area (Å²) in [5, 5.41) is 3.17. The molecule has 0 spiro atoms. The minimum Gasteiger partial charge on any atom is -0.319 e. The zero-order chi connectivity index (χ0) is 13.5. The molecule has 1 aliphatic carbocycles. The van der Waals surface area contributed by atoms with E-state index in [-0.39, 0.29) is 0 Å². The molecule has 3 unspecified atom stereocenters. The smallest absolute Gasteiger partial charge is 0.282 e. The quantitative estimate of drug-likeness (QED) is 0.826. The molecular weight excluding hydrogens is 262 g/mol. The summed E-state index contributed by atoms with van der Waals surface area (Å²) < 4.78 is 29.0. The Morgan fingerprint density at radius 3 is 2.68 bits per heavy atom. The van der Waals surface area contributed by atoms with Crippen molar-refractivity contribution in [2.24, 2.45) is 11.8 Å². The van der Waals surface area contributed by atoms with Gasteiger partial charge in [-0.1, -0.05) is 0 Å². The molecule has 110 valence electrons. The van der Waals surface area contributed by atoms with Gasteiger partial charge < -0.3 is 5.32 Å². The fraction of sp³-hybridized carbons (Fsp3) is 1.00. The molecule has 3 aliphatic rings. The number of nitrogens with one attached hydrogen (secondary N) is 1. The first-order valence-electron chi connectivity index (χ1n) is 7.52. The Morgan fingerprint density at radius 1 is 1.21 bits per heavy atom. The number of fused-ring (bicyclic) bond motifs is 2. The molecule has 2 saturated heterocycles. The monoisotopic (exact) mass is 287 g/mol. The molecule has 2 aliphatic heterocycles. The van der Waals surface area contributed by atoms with Gasteiger partial charge in [-0.05, 0) is 57.5 Å². The summed E-state index contributed by atoms with van der Waals surface area (Å²) in [6.45, 7) is 3.08. The molecule has 19 heavy (non-hydrogen) atoms. The van der Waals surface area contributed by atoms with Gasteiger partial charge in [0, 0.05) is 25.7 Å². The molecule has 0 amide bonds. The predicted molar refractivity (Wildman–Crippen MR) is 75.0 cm³/mol. The van der Waals surface area contributed by atoms with Crippen LogP contribution in [0.5, 0.6) is 0 Å². The average molecular weight is 287 g/mol. The highest BCUT2D eigenvalue weighted by molar-refractivity contribution is 7.86. The lowest BCUT2D eigenvalue weighted by atomic mass is 10.00. The Balaban J connectivity index is 1.69. The minimum absolute atomic E-state index is 0.291. The van der Waals surface area contributed by atoms with Gasteiger partial charge in [0.25, 0.3) is 10.2 Å². The Morgan fingerprint density at radius 2 is 2.05 bits per heavy atom. The second kappa shape index (κ2) is 5.31. The van der Waals surface area contributed by atoms with Crippen LogP contribution in [0.15, 0.2) is 0 Å². The van der Waals surface area contributed by atoms with Gasteiger partial charge in [-0.25, -0.2) is 0 Å². The van der Waals surface area contributed by atoms with Crippen LogP contribution in [-0.2, 0) is 10.2 Å². The summed E-state index contributed by atoms with van der Waals surface area (Å²) in [6.07, 6.45) is 5.51. The van der Waals surface area contributed by atoms with E-state index in [9.17, 15) is 8.42 Å². The molecule has 0 aromatic heterocycles. The number of rotatable bonds is 4. The molecule has 0 radical (unpaired) electrons. The highest BCUT2D eigenvalue weighted by Crippen LogP contribution is 2.40. The van der Waals surface area contributed by atoms with E-state index in [2.05, 4.69) is 5.32 Å². The van der Waals surface area contributed by atoms with Crippen LogP contribution < -0.4 is 5.32 Å². The predicted octanol–water partition coefficient (Wildman–Crippen LogP) is 0.647. The molecule has 0 aromatic carbocycles. The van der Waals surface area contributed by atoms with Gasteiger partial charge in [-0.15, -0.1) is 0 Å². The highest BCUT2D eigenvalue weighted by atomic mass is 32.2. The van der Waals surface area contributed by atoms with Gasteiger partial charge in [-0.3, -0.25) is 0 Å². The minimum atomic E-state index is -3.20. The molecule has 2 bridgehead atoms. The summed E-state index contributed by atoms with van der Waals surface area (Å²) >= 11 is 0. The van der Waals surface area contributed by atoms with E-state index in [0.717, 1.165) is 38.8 Å². The first-order valence-corrected chi connectivity index (χ1v) is 8.92. The largest absolute Gasteiger partial charge is 0.319 e. The van der Waals surface area contributed by atoms with E-state index >= 15 is 0 Å². The van der Waals surface area contributed by atoms with Crippen LogP contribution >= 0.6 is 0 Å². The third kappa shape index (κ3) is 2.55. The summed E-state index contributed by atoms with van der Waals surface area (Å²) in [6, 6.07) is 0.291. The maximum absolute atomic E-state index is 12.8. The second-order valence-corrected chi connectivity index (χ2v) is 8.22. The molecule has 3 rings (SSSR count). The highest BCUT2D eigenvalue weighted by Gasteiger charge is 2.46. The molecule has 0 aromatic rings. The maximum atomic E-state index is 12.8. The first-order chi connectivity index (χ1) is 9.11. The normalized spacial score (nSPS) is 37.0. The number of hydrogen-bond acceptors (Lipinski definition) is 3. The fourth-order valence-electron chi connectivity index (χ4n) is 4.00. The van der Waals surface area contributed by atoms with Crippen LogP contribution in [0.3, 0.4) is 0 Å². The molecule has 1 saturated carbocycles. The van der Waals surface area contributed by atoms with E-state index < -0.39 is 10.2 Å². The maximum Gasteiger partial charge on any atom is 0.282 e. The van der Waals surface area contributed by atoms with E-state index in [1.807, 2.05) is 7.05 Å². The van der Waals surface area contributed by atoms with Gasteiger partial charge in [0.15, 0.2) is 0 Å². The second-order valence-electron chi connectivity index (χ2n) is 6.33. The van der Waals surface area contributed by atoms with Gasteiger partial charge in [0.2, 0.25) is 0 Å². The van der Waals surface area contributed by atoms with Gasteiger partial charge in [0.1, 0.15) is 0 Å². The van der Waals surface area contributed by atoms with Crippen LogP contribution in [-0.4, -0.2) is 56.3 Å². The van der Waals surface area contributed by atoms with Crippen LogP contribution in [0, 0.1) is 11.8 Å². The molecular formula is C13H25N3O2S. The topological polar surface area (TPSA) is 52.7 Å². The summed E-state index contributed by atoms with van der Waals surface area (Å²) in [5.41, 5.74) is 0. The van der Waals surface area contributed by atoms with Crippen molar-refractivity contribution >= 4 is 10.2 Å². The standard InChI is InChI=1S/C13H25N3O2S/c1-14-8-12-3-2-6-15(9-12)19(17,18)16-10-11-4-5-13(16)7-11/h11-14H,2-10H2,1H3. The molecule has 3 fully saturated rings. The zero-order valence-electron chi connectivity index (χ0n) is 11.7. The number of piperidine rings is 2. The number of nitrogens with zero attached hydrogens (tertiary/aromatic N) is 2. The van der Waals surface area contributed by atoms with Crippen LogP contribution in [0.2, 0.25) is 0 Å². The Kier molecular flexibility index (Phi) is 3.86. The lowest BCUT2D eigenvalue weighted by Gasteiger charge is -2.37. The van der Waals surface area contributed by atoms with Crippen LogP contribution in [0.25, 0.3) is 0 Å². The van der Waals surface area contributed by atoms with Crippen molar-refractivity contribution in [1.82, 2.24) is 13.9 Å². The van der Waals surface area contributed by atoms with Crippen LogP contribution in [0.1, 0.15) is 32.1 Å². The third-order valence-corrected chi connectivity index (χ3v) is 6.98. The summed E-state index contributed by atoms with van der Waals surface area (Å²) in [5.74, 6) is 1.09. The van der Waals surface area contributed by atoms with Crippen molar-refractivity contribution < 1.29 is 8.42 Å². The Hall–Kier alpha value is -0.170. The molecule has 6 heteroatoms. The van der Waals surface area contributed by atoms with Gasteiger partial charge >= 0.3 is 0 Å². The Bertz CT molecular complexity index is 424. The fourth-order valence-corrected chi connectivity index (χ4v) is 6.03. The number of hydrogen-bond donors (Lipinski definition) is 1. The average Bonchev–Trinajstić information content (AvgIpc) is 3.02. The van der Waals surface area contributed by atoms with Gasteiger partial charge in [-0.2, -0.15) is 17.0 Å². The first kappa shape index (κ1) is 13.8. The van der Waals surface area contributed by atoms with Crippen molar-refractivity contribution in [3.8, 4) is 0 Å². The molecule has 3 atom stereocenters. The van der Waals surface area contributed by atoms with E-state index in [1.165, 1.54) is 6.42 Å². The summed E-state index contributed by atoms with van der Waals surface area (Å²) in [7, 11) is -1.27. The van der Waals surface area contributed by atoms with Gasteiger partial charge in [0.05, 0.1) is 0 Å². The van der Waals surface area contributed by atoms with Crippen molar-refractivity contribution in [2.45, 2.75) is 38.1 Å². The molecule has 5 nitrogen and oxygen atoms in total. The van der Waals surface area contributed by atoms with Crippen molar-refractivity contribution in [3.05, 3.63) is 0 Å². The Labute approximate surface area is 116 Å². The third-order valence-electron chi connectivity index (χ3n) is 4.96. The lowest BCUT2D eigenvalue weighted by molar-refractivity contribution is 0.233. The lowest BCUT2D eigenvalue weighted by Crippen LogP contribution is -2.51. The van der Waals surface area contributed by atoms with E-state index in [1.54, 1.807) is 8.61 Å². The molecule has 2 heterocycles. The van der Waals surface area contributed by atoms with Crippen molar-refractivity contribution in [3.63, 3.8) is 0 Å². The summed E-state index contributed by atoms with van der Waals surface area (Å²) in [4.78, 5) is 0. The SMILES string of the molecule is CNCC1CCCN(S(=O)(=O)N2CC3CCC2C3)C1. The zero-order valence-corrected chi connectivity index (χ0v) is 12.5. The van der Waals surface area contributed by atoms with E-state index in [0.29, 0.717) is 31.0 Å². The van der Waals surface area contributed by atoms with Crippen LogP contribution in [0.4, 0.5) is 0 Å². The van der Waals surface area contributed by atoms with Crippen molar-refractivity contribution in [1.29, 1.82) is 0 Å².